The van der Waals surface area contributed by atoms with Crippen LogP contribution in [-0.2, 0) is 17.6 Å². The predicted octanol–water partition coefficient (Wildman–Crippen LogP) is 6.03. The minimum Gasteiger partial charge on any atom is -0.478 e. The first-order chi connectivity index (χ1) is 13.9. The molecule has 3 aromatic rings. The molecule has 154 valence electrons. The maximum atomic E-state index is 11.9. The molecule has 3 rings (SSSR count). The number of aliphatic carboxylic acids is 1. The Balaban J connectivity index is 2.26. The fourth-order valence-electron chi connectivity index (χ4n) is 3.54. The van der Waals surface area contributed by atoms with E-state index in [0.717, 1.165) is 53.5 Å². The Bertz CT molecular complexity index is 993. The van der Waals surface area contributed by atoms with Crippen molar-refractivity contribution in [3.63, 3.8) is 0 Å². The van der Waals surface area contributed by atoms with Gasteiger partial charge in [0.25, 0.3) is 0 Å². The number of ether oxygens (including phenoxy) is 1. The summed E-state index contributed by atoms with van der Waals surface area (Å²) in [6.45, 7) is 7.65. The summed E-state index contributed by atoms with van der Waals surface area (Å²) in [5.41, 5.74) is 3.10. The molecule has 5 nitrogen and oxygen atoms in total. The highest BCUT2D eigenvalue weighted by Crippen LogP contribution is 2.40. The Labute approximate surface area is 171 Å². The normalized spacial score (nSPS) is 13.4. The van der Waals surface area contributed by atoms with Crippen molar-refractivity contribution in [3.05, 3.63) is 47.5 Å². The molecule has 1 atom stereocenters. The molecule has 0 saturated carbocycles. The Morgan fingerprint density at radius 1 is 1.14 bits per heavy atom. The monoisotopic (exact) mass is 395 g/mol. The van der Waals surface area contributed by atoms with Crippen LogP contribution in [0.2, 0.25) is 0 Å². The van der Waals surface area contributed by atoms with Crippen LogP contribution in [0.1, 0.15) is 58.1 Å². The van der Waals surface area contributed by atoms with Gasteiger partial charge in [-0.05, 0) is 37.8 Å². The zero-order valence-corrected chi connectivity index (χ0v) is 17.6. The van der Waals surface area contributed by atoms with Crippen LogP contribution in [0, 0.1) is 0 Å². The Hall–Kier alpha value is -2.82. The fraction of sp³-hybridized carbons (Fsp3) is 0.417. The number of rotatable bonds is 9. The van der Waals surface area contributed by atoms with E-state index in [-0.39, 0.29) is 0 Å². The number of aryl methyl sites for hydroxylation is 2. The van der Waals surface area contributed by atoms with Gasteiger partial charge in [0.05, 0.1) is 5.39 Å². The molecule has 1 N–H and O–H groups in total. The zero-order valence-electron chi connectivity index (χ0n) is 17.6. The Morgan fingerprint density at radius 3 is 2.41 bits per heavy atom. The van der Waals surface area contributed by atoms with Gasteiger partial charge in [-0.15, -0.1) is 0 Å². The van der Waals surface area contributed by atoms with Crippen LogP contribution in [0.25, 0.3) is 22.2 Å². The van der Waals surface area contributed by atoms with E-state index < -0.39 is 11.6 Å². The summed E-state index contributed by atoms with van der Waals surface area (Å²) in [5.74, 6) is -0.323. The second-order valence-electron chi connectivity index (χ2n) is 7.61. The van der Waals surface area contributed by atoms with Crippen molar-refractivity contribution in [2.45, 2.75) is 65.4 Å². The molecule has 0 aliphatic heterocycles. The van der Waals surface area contributed by atoms with Gasteiger partial charge in [0, 0.05) is 11.1 Å². The summed E-state index contributed by atoms with van der Waals surface area (Å²) < 4.78 is 12.0. The van der Waals surface area contributed by atoms with Gasteiger partial charge >= 0.3 is 5.97 Å². The lowest BCUT2D eigenvalue weighted by Crippen LogP contribution is -2.41. The average Bonchev–Trinajstić information content (AvgIpc) is 3.14. The molecule has 1 unspecified atom stereocenters. The van der Waals surface area contributed by atoms with E-state index in [2.05, 4.69) is 25.1 Å². The summed E-state index contributed by atoms with van der Waals surface area (Å²) in [6, 6.07) is 12.0. The van der Waals surface area contributed by atoms with E-state index in [1.54, 1.807) is 6.92 Å². The summed E-state index contributed by atoms with van der Waals surface area (Å²) >= 11 is 0. The molecular formula is C24H29NO4. The van der Waals surface area contributed by atoms with Crippen LogP contribution in [0.5, 0.6) is 5.75 Å². The number of carboxylic acid groups (broad SMARTS) is 1. The van der Waals surface area contributed by atoms with Gasteiger partial charge < -0.3 is 14.4 Å². The molecule has 2 aromatic carbocycles. The summed E-state index contributed by atoms with van der Waals surface area (Å²) in [7, 11) is 0. The van der Waals surface area contributed by atoms with Crippen molar-refractivity contribution in [1.29, 1.82) is 0 Å². The highest BCUT2D eigenvalue weighted by atomic mass is 16.5. The van der Waals surface area contributed by atoms with Crippen molar-refractivity contribution in [1.82, 2.24) is 5.16 Å². The van der Waals surface area contributed by atoms with E-state index in [1.807, 2.05) is 37.3 Å². The molecule has 1 aromatic heterocycles. The smallest absolute Gasteiger partial charge is 0.347 e. The van der Waals surface area contributed by atoms with E-state index in [9.17, 15) is 9.90 Å². The van der Waals surface area contributed by atoms with Gasteiger partial charge in [-0.3, -0.25) is 0 Å². The maximum Gasteiger partial charge on any atom is 0.347 e. The first-order valence-electron chi connectivity index (χ1n) is 10.4. The largest absolute Gasteiger partial charge is 0.478 e. The van der Waals surface area contributed by atoms with Crippen molar-refractivity contribution >= 4 is 16.9 Å². The molecule has 29 heavy (non-hydrogen) atoms. The van der Waals surface area contributed by atoms with E-state index in [1.165, 1.54) is 0 Å². The standard InChI is InChI=1S/C24H29NO4/c1-5-11-17-15-19-20(16-13-9-8-10-14-16)25-29-22(19)18(12-6-2)21(17)28-24(4,7-3)23(26)27/h8-10,13-15H,5-7,11-12H2,1-4H3,(H,26,27). The number of benzene rings is 2. The van der Waals surface area contributed by atoms with E-state index in [0.29, 0.717) is 17.8 Å². The van der Waals surface area contributed by atoms with Crippen LogP contribution >= 0.6 is 0 Å². The van der Waals surface area contributed by atoms with Crippen molar-refractivity contribution < 1.29 is 19.2 Å². The first kappa shape index (κ1) is 20.9. The molecule has 1 heterocycles. The molecule has 0 amide bonds. The number of carbonyl (C=O) groups is 1. The molecule has 0 spiro atoms. The molecule has 0 fully saturated rings. The quantitative estimate of drug-likeness (QED) is 0.479. The number of aromatic nitrogens is 1. The third-order valence-electron chi connectivity index (χ3n) is 5.41. The van der Waals surface area contributed by atoms with E-state index in [4.69, 9.17) is 9.26 Å². The second-order valence-corrected chi connectivity index (χ2v) is 7.61. The van der Waals surface area contributed by atoms with Gasteiger partial charge in [-0.1, -0.05) is 69.1 Å². The molecule has 0 bridgehead atoms. The van der Waals surface area contributed by atoms with Crippen molar-refractivity contribution in [2.24, 2.45) is 0 Å². The highest BCUT2D eigenvalue weighted by Gasteiger charge is 2.35. The summed E-state index contributed by atoms with van der Waals surface area (Å²) in [5, 5.41) is 15.0. The fourth-order valence-corrected chi connectivity index (χ4v) is 3.54. The third kappa shape index (κ3) is 4.00. The Morgan fingerprint density at radius 2 is 1.83 bits per heavy atom. The molecule has 5 heteroatoms. The van der Waals surface area contributed by atoms with Crippen LogP contribution < -0.4 is 4.74 Å². The average molecular weight is 395 g/mol. The lowest BCUT2D eigenvalue weighted by Gasteiger charge is -2.28. The van der Waals surface area contributed by atoms with Gasteiger partial charge in [-0.25, -0.2) is 4.79 Å². The topological polar surface area (TPSA) is 72.6 Å². The third-order valence-corrected chi connectivity index (χ3v) is 5.41. The van der Waals surface area contributed by atoms with Crippen molar-refractivity contribution in [2.75, 3.05) is 0 Å². The van der Waals surface area contributed by atoms with Crippen LogP contribution in [0.15, 0.2) is 40.9 Å². The molecular weight excluding hydrogens is 366 g/mol. The molecule has 0 aliphatic carbocycles. The number of nitrogens with zero attached hydrogens (tertiary/aromatic N) is 1. The maximum absolute atomic E-state index is 11.9. The molecule has 0 radical (unpaired) electrons. The number of hydrogen-bond acceptors (Lipinski definition) is 4. The number of fused-ring (bicyclic) bond motifs is 1. The zero-order chi connectivity index (χ0) is 21.0. The molecule has 0 saturated heterocycles. The van der Waals surface area contributed by atoms with Crippen LogP contribution in [-0.4, -0.2) is 21.8 Å². The number of hydrogen-bond donors (Lipinski definition) is 1. The summed E-state index contributed by atoms with van der Waals surface area (Å²) in [6.07, 6.45) is 3.70. The first-order valence-corrected chi connectivity index (χ1v) is 10.4. The highest BCUT2D eigenvalue weighted by molar-refractivity contribution is 5.95. The van der Waals surface area contributed by atoms with Gasteiger partial charge in [-0.2, -0.15) is 0 Å². The lowest BCUT2D eigenvalue weighted by molar-refractivity contribution is -0.154. The lowest BCUT2D eigenvalue weighted by atomic mass is 9.95. The van der Waals surface area contributed by atoms with Crippen LogP contribution in [0.3, 0.4) is 0 Å². The Kier molecular flexibility index (Phi) is 6.26. The van der Waals surface area contributed by atoms with Gasteiger partial charge in [0.1, 0.15) is 11.4 Å². The van der Waals surface area contributed by atoms with E-state index >= 15 is 0 Å². The van der Waals surface area contributed by atoms with Gasteiger partial charge in [0.2, 0.25) is 5.60 Å². The SMILES string of the molecule is CCCc1cc2c(-c3ccccc3)noc2c(CCC)c1OC(C)(CC)C(=O)O. The predicted molar refractivity (Wildman–Crippen MR) is 114 cm³/mol. The minimum atomic E-state index is -1.29. The van der Waals surface area contributed by atoms with Gasteiger partial charge in [0.15, 0.2) is 5.58 Å². The molecule has 0 aliphatic rings. The minimum absolute atomic E-state index is 0.364. The number of carboxylic acids is 1. The summed E-state index contributed by atoms with van der Waals surface area (Å²) in [4.78, 5) is 11.9. The van der Waals surface area contributed by atoms with Crippen molar-refractivity contribution in [3.8, 4) is 17.0 Å². The van der Waals surface area contributed by atoms with Crippen LogP contribution in [0.4, 0.5) is 0 Å². The second kappa shape index (κ2) is 8.68.